The highest BCUT2D eigenvalue weighted by Crippen LogP contribution is 2.30. The van der Waals surface area contributed by atoms with Gasteiger partial charge >= 0.3 is 11.9 Å². The predicted octanol–water partition coefficient (Wildman–Crippen LogP) is 2.24. The van der Waals surface area contributed by atoms with Gasteiger partial charge in [0.2, 0.25) is 5.91 Å². The predicted molar refractivity (Wildman–Crippen MR) is 104 cm³/mol. The van der Waals surface area contributed by atoms with Crippen molar-refractivity contribution in [2.24, 2.45) is 0 Å². The number of hydrogen-bond donors (Lipinski definition) is 3. The van der Waals surface area contributed by atoms with Gasteiger partial charge in [0.25, 0.3) is 0 Å². The fourth-order valence-corrected chi connectivity index (χ4v) is 3.37. The molecule has 0 heterocycles. The summed E-state index contributed by atoms with van der Waals surface area (Å²) >= 11 is 0. The van der Waals surface area contributed by atoms with E-state index in [-0.39, 0.29) is 6.42 Å². The number of carbonyl (C=O) groups is 3. The van der Waals surface area contributed by atoms with Gasteiger partial charge in [-0.05, 0) is 29.2 Å². The van der Waals surface area contributed by atoms with E-state index >= 15 is 0 Å². The maximum absolute atomic E-state index is 12.2. The van der Waals surface area contributed by atoms with Crippen molar-refractivity contribution in [2.75, 3.05) is 6.54 Å². The number of carboxylic acid groups (broad SMARTS) is 2. The molecule has 0 saturated heterocycles. The molecule has 1 saturated carbocycles. The molecule has 7 heteroatoms. The molecule has 1 unspecified atom stereocenters. The average Bonchev–Trinajstić information content (AvgIpc) is 3.49. The molecule has 7 nitrogen and oxygen atoms in total. The molecule has 1 amide bonds. The van der Waals surface area contributed by atoms with Gasteiger partial charge in [-0.15, -0.1) is 0 Å². The van der Waals surface area contributed by atoms with E-state index in [2.05, 4.69) is 34.5 Å². The first-order chi connectivity index (χ1) is 13.4. The summed E-state index contributed by atoms with van der Waals surface area (Å²) in [5.74, 6) is -3.05. The van der Waals surface area contributed by atoms with E-state index < -0.39 is 30.3 Å². The molecule has 0 spiro atoms. The molecule has 2 aromatic rings. The van der Waals surface area contributed by atoms with E-state index in [1.807, 2.05) is 18.2 Å². The molecule has 3 N–H and O–H groups in total. The minimum absolute atomic E-state index is 0.130. The number of nitrogens with zero attached hydrogens (tertiary/aromatic N) is 1. The average molecular weight is 384 g/mol. The van der Waals surface area contributed by atoms with E-state index in [4.69, 9.17) is 10.2 Å². The number of amides is 1. The summed E-state index contributed by atoms with van der Waals surface area (Å²) in [6.07, 6.45) is 1.67. The SMILES string of the molecule is O=C(O)CC(NC(=O)CCN(Cc1cccc2ccccc12)C1CC1)C(=O)O. The molecule has 0 bridgehead atoms. The minimum atomic E-state index is -1.41. The molecule has 1 atom stereocenters. The lowest BCUT2D eigenvalue weighted by atomic mass is 10.0. The van der Waals surface area contributed by atoms with Crippen LogP contribution in [0.5, 0.6) is 0 Å². The lowest BCUT2D eigenvalue weighted by molar-refractivity contribution is -0.147. The zero-order valence-electron chi connectivity index (χ0n) is 15.5. The largest absolute Gasteiger partial charge is 0.481 e. The topological polar surface area (TPSA) is 107 Å². The highest BCUT2D eigenvalue weighted by molar-refractivity contribution is 5.87. The minimum Gasteiger partial charge on any atom is -0.481 e. The van der Waals surface area contributed by atoms with E-state index in [0.29, 0.717) is 12.6 Å². The van der Waals surface area contributed by atoms with Crippen LogP contribution in [0.2, 0.25) is 0 Å². The Labute approximate surface area is 163 Å². The standard InChI is InChI=1S/C21H24N2O5/c24-19(22-18(21(27)28)12-20(25)26)10-11-23(16-8-9-16)13-15-6-3-5-14-4-1-2-7-17(14)15/h1-7,16,18H,8-13H2,(H,22,24)(H,25,26)(H,27,28). The molecule has 0 aliphatic heterocycles. The zero-order valence-corrected chi connectivity index (χ0v) is 15.5. The molecule has 1 aliphatic carbocycles. The van der Waals surface area contributed by atoms with Crippen LogP contribution in [0.15, 0.2) is 42.5 Å². The number of benzene rings is 2. The summed E-state index contributed by atoms with van der Waals surface area (Å²) < 4.78 is 0. The fourth-order valence-electron chi connectivity index (χ4n) is 3.37. The van der Waals surface area contributed by atoms with Gasteiger partial charge < -0.3 is 15.5 Å². The summed E-state index contributed by atoms with van der Waals surface area (Å²) in [4.78, 5) is 36.3. The second-order valence-corrected chi connectivity index (χ2v) is 7.15. The van der Waals surface area contributed by atoms with Crippen LogP contribution in [0.4, 0.5) is 0 Å². The van der Waals surface area contributed by atoms with E-state index in [1.54, 1.807) is 0 Å². The summed E-state index contributed by atoms with van der Waals surface area (Å²) in [6.45, 7) is 1.22. The smallest absolute Gasteiger partial charge is 0.326 e. The Morgan fingerprint density at radius 2 is 1.79 bits per heavy atom. The number of hydrogen-bond acceptors (Lipinski definition) is 4. The molecule has 1 fully saturated rings. The molecule has 1 aliphatic rings. The number of fused-ring (bicyclic) bond motifs is 1. The van der Waals surface area contributed by atoms with E-state index in [1.165, 1.54) is 16.3 Å². The third kappa shape index (κ3) is 5.29. The van der Waals surface area contributed by atoms with Crippen molar-refractivity contribution >= 4 is 28.6 Å². The Morgan fingerprint density at radius 1 is 1.07 bits per heavy atom. The van der Waals surface area contributed by atoms with Crippen LogP contribution in [0, 0.1) is 0 Å². The quantitative estimate of drug-likeness (QED) is 0.580. The number of nitrogens with one attached hydrogen (secondary N) is 1. The maximum atomic E-state index is 12.2. The van der Waals surface area contributed by atoms with Crippen LogP contribution >= 0.6 is 0 Å². The van der Waals surface area contributed by atoms with Gasteiger partial charge in [0.05, 0.1) is 6.42 Å². The van der Waals surface area contributed by atoms with Gasteiger partial charge in [0.15, 0.2) is 0 Å². The first-order valence-electron chi connectivity index (χ1n) is 9.38. The Balaban J connectivity index is 1.61. The molecule has 0 aromatic heterocycles. The molecule has 2 aromatic carbocycles. The van der Waals surface area contributed by atoms with Crippen molar-refractivity contribution < 1.29 is 24.6 Å². The fraction of sp³-hybridized carbons (Fsp3) is 0.381. The number of carboxylic acids is 2. The van der Waals surface area contributed by atoms with Gasteiger partial charge in [-0.1, -0.05) is 42.5 Å². The number of carbonyl (C=O) groups excluding carboxylic acids is 1. The summed E-state index contributed by atoms with van der Waals surface area (Å²) in [5.41, 5.74) is 1.19. The summed E-state index contributed by atoms with van der Waals surface area (Å²) in [6, 6.07) is 13.4. The van der Waals surface area contributed by atoms with Crippen LogP contribution < -0.4 is 5.32 Å². The Morgan fingerprint density at radius 3 is 2.46 bits per heavy atom. The van der Waals surface area contributed by atoms with Crippen LogP contribution in [0.1, 0.15) is 31.2 Å². The Bertz CT molecular complexity index is 873. The lowest BCUT2D eigenvalue weighted by Gasteiger charge is -2.23. The van der Waals surface area contributed by atoms with Crippen molar-refractivity contribution in [3.8, 4) is 0 Å². The molecular formula is C21H24N2O5. The summed E-state index contributed by atoms with van der Waals surface area (Å²) in [7, 11) is 0. The lowest BCUT2D eigenvalue weighted by Crippen LogP contribution is -2.43. The Kier molecular flexibility index (Phi) is 6.26. The van der Waals surface area contributed by atoms with Crippen molar-refractivity contribution in [3.63, 3.8) is 0 Å². The van der Waals surface area contributed by atoms with Gasteiger partial charge in [-0.2, -0.15) is 0 Å². The highest BCUT2D eigenvalue weighted by Gasteiger charge is 2.30. The van der Waals surface area contributed by atoms with E-state index in [9.17, 15) is 14.4 Å². The number of aliphatic carboxylic acids is 2. The maximum Gasteiger partial charge on any atom is 0.326 e. The van der Waals surface area contributed by atoms with Crippen LogP contribution in [0.3, 0.4) is 0 Å². The van der Waals surface area contributed by atoms with Gasteiger partial charge in [-0.3, -0.25) is 14.5 Å². The third-order valence-electron chi connectivity index (χ3n) is 4.95. The van der Waals surface area contributed by atoms with Crippen LogP contribution in [-0.2, 0) is 20.9 Å². The second kappa shape index (κ2) is 8.84. The molecule has 28 heavy (non-hydrogen) atoms. The van der Waals surface area contributed by atoms with Gasteiger partial charge in [-0.25, -0.2) is 4.79 Å². The second-order valence-electron chi connectivity index (χ2n) is 7.15. The number of rotatable bonds is 10. The monoisotopic (exact) mass is 384 g/mol. The van der Waals surface area contributed by atoms with Crippen LogP contribution in [-0.4, -0.2) is 51.6 Å². The van der Waals surface area contributed by atoms with Crippen molar-refractivity contribution in [2.45, 2.75) is 44.3 Å². The van der Waals surface area contributed by atoms with Crippen molar-refractivity contribution in [1.29, 1.82) is 0 Å². The third-order valence-corrected chi connectivity index (χ3v) is 4.95. The van der Waals surface area contributed by atoms with Crippen molar-refractivity contribution in [3.05, 3.63) is 48.0 Å². The normalized spacial score (nSPS) is 14.8. The summed E-state index contributed by atoms with van der Waals surface area (Å²) in [5, 5.41) is 22.5. The van der Waals surface area contributed by atoms with Gasteiger partial charge in [0.1, 0.15) is 6.04 Å². The van der Waals surface area contributed by atoms with Crippen LogP contribution in [0.25, 0.3) is 10.8 Å². The first kappa shape index (κ1) is 19.8. The molecule has 0 radical (unpaired) electrons. The van der Waals surface area contributed by atoms with Gasteiger partial charge in [0, 0.05) is 25.6 Å². The first-order valence-corrected chi connectivity index (χ1v) is 9.38. The molecule has 148 valence electrons. The molecule has 3 rings (SSSR count). The van der Waals surface area contributed by atoms with Crippen molar-refractivity contribution in [1.82, 2.24) is 10.2 Å². The zero-order chi connectivity index (χ0) is 20.1. The highest BCUT2D eigenvalue weighted by atomic mass is 16.4. The van der Waals surface area contributed by atoms with E-state index in [0.717, 1.165) is 19.4 Å². The molecular weight excluding hydrogens is 360 g/mol. The Hall–Kier alpha value is -2.93.